The van der Waals surface area contributed by atoms with Crippen LogP contribution in [0.4, 0.5) is 0 Å². The van der Waals surface area contributed by atoms with E-state index in [2.05, 4.69) is 0 Å². The first-order valence-electron chi connectivity index (χ1n) is 2.36. The van der Waals surface area contributed by atoms with Crippen LogP contribution in [0.15, 0.2) is 0 Å². The minimum absolute atomic E-state index is 0. The molecule has 0 aromatic heterocycles. The van der Waals surface area contributed by atoms with Gasteiger partial charge in [-0.3, -0.25) is 0 Å². The van der Waals surface area contributed by atoms with E-state index in [4.69, 9.17) is 39.8 Å². The van der Waals surface area contributed by atoms with Crippen molar-refractivity contribution in [1.29, 1.82) is 0 Å². The van der Waals surface area contributed by atoms with Crippen molar-refractivity contribution in [3.8, 4) is 0 Å². The zero-order valence-corrected chi connectivity index (χ0v) is 20.7. The van der Waals surface area contributed by atoms with Crippen molar-refractivity contribution in [1.82, 2.24) is 0 Å². The molecule has 0 radical (unpaired) electrons. The van der Waals surface area contributed by atoms with E-state index in [9.17, 15) is 0 Å². The second kappa shape index (κ2) is 90.3. The summed E-state index contributed by atoms with van der Waals surface area (Å²) in [4.78, 5) is 0. The fraction of sp³-hybridized carbons (Fsp3) is 0. The SMILES string of the molecule is [Ba+2].[Eu+3].[O]=[Al][O-].[O]=[Al][O-].[O]=[Al][O-].[O]=[Al][O-].[O]=[Al][O-]. The Balaban J connectivity index is -0.0000000143. The Kier molecular flexibility index (Phi) is 227. The Hall–Kier alpha value is 3.82. The molecular weight excluding hydrogens is 584 g/mol. The summed E-state index contributed by atoms with van der Waals surface area (Å²) in [6, 6.07) is 0. The first-order valence-corrected chi connectivity index (χ1v) is 7.07. The van der Waals surface area contributed by atoms with E-state index < -0.39 is 77.4 Å². The summed E-state index contributed by atoms with van der Waals surface area (Å²) < 4.78 is 84.6. The Morgan fingerprint density at radius 3 is 0.471 bits per heavy atom. The van der Waals surface area contributed by atoms with Crippen LogP contribution in [-0.2, 0) is 19.0 Å². The first kappa shape index (κ1) is 42.8. The van der Waals surface area contributed by atoms with Crippen molar-refractivity contribution in [2.24, 2.45) is 0 Å². The monoisotopic (exact) mass is 586 g/mol. The van der Waals surface area contributed by atoms with Crippen molar-refractivity contribution in [3.05, 3.63) is 0 Å². The third kappa shape index (κ3) is 432. The summed E-state index contributed by atoms with van der Waals surface area (Å²) in [6.07, 6.45) is 0. The molecule has 0 spiro atoms. The number of hydrogen-bond acceptors (Lipinski definition) is 10. The normalized spacial score (nSPS) is 2.35. The Morgan fingerprint density at radius 1 is 0.471 bits per heavy atom. The van der Waals surface area contributed by atoms with Gasteiger partial charge in [0.05, 0.1) is 0 Å². The zero-order chi connectivity index (χ0) is 13.5. The number of hydrogen-bond donors (Lipinski definition) is 0. The molecule has 17 heteroatoms. The Labute approximate surface area is 210 Å². The van der Waals surface area contributed by atoms with Crippen LogP contribution >= 0.6 is 0 Å². The fourth-order valence-corrected chi connectivity index (χ4v) is 0. The van der Waals surface area contributed by atoms with Crippen molar-refractivity contribution < 1.29 is 89.2 Å². The molecule has 0 amide bonds. The van der Waals surface area contributed by atoms with E-state index in [1.165, 1.54) is 0 Å². The van der Waals surface area contributed by atoms with Gasteiger partial charge < -0.3 is 0 Å². The zero-order valence-electron chi connectivity index (χ0n) is 8.05. The quantitative estimate of drug-likeness (QED) is 0.246. The van der Waals surface area contributed by atoms with Gasteiger partial charge in [0.15, 0.2) is 0 Å². The average molecular weight is 584 g/mol. The maximum atomic E-state index is 8.46. The summed E-state index contributed by atoms with van der Waals surface area (Å²) in [6.45, 7) is 0. The van der Waals surface area contributed by atoms with Crippen LogP contribution in [0.5, 0.6) is 0 Å². The topological polar surface area (TPSA) is 201 Å². The van der Waals surface area contributed by atoms with E-state index in [1.807, 2.05) is 0 Å². The number of rotatable bonds is 0. The summed E-state index contributed by atoms with van der Waals surface area (Å²) in [5.41, 5.74) is 0. The molecule has 0 aliphatic carbocycles. The van der Waals surface area contributed by atoms with Crippen LogP contribution in [0.3, 0.4) is 0 Å². The second-order valence-corrected chi connectivity index (χ2v) is 1.44. The van der Waals surface area contributed by atoms with Crippen LogP contribution in [-0.4, -0.2) is 126 Å². The van der Waals surface area contributed by atoms with Gasteiger partial charge in [0.1, 0.15) is 0 Å². The van der Waals surface area contributed by atoms with Gasteiger partial charge in [0.2, 0.25) is 0 Å². The summed E-state index contributed by atoms with van der Waals surface area (Å²) >= 11 is -8.75. The van der Waals surface area contributed by atoms with Crippen LogP contribution < -0.4 is 20.8 Å². The molecule has 0 saturated heterocycles. The molecule has 0 saturated carbocycles. The molecule has 10 nitrogen and oxygen atoms in total. The molecule has 0 aromatic rings. The molecule has 0 atom stereocenters. The van der Waals surface area contributed by atoms with Gasteiger partial charge in [-0.15, -0.1) is 0 Å². The van der Waals surface area contributed by atoms with E-state index in [0.717, 1.165) is 0 Å². The molecule has 0 rings (SSSR count). The van der Waals surface area contributed by atoms with E-state index in [1.54, 1.807) is 0 Å². The first-order chi connectivity index (χ1) is 7.07. The van der Waals surface area contributed by atoms with Gasteiger partial charge in [-0.25, -0.2) is 0 Å². The molecule has 0 aliphatic rings. The molecule has 0 N–H and O–H groups in total. The van der Waals surface area contributed by atoms with Gasteiger partial charge in [-0.05, 0) is 0 Å². The van der Waals surface area contributed by atoms with Crippen LogP contribution in [0, 0.1) is 49.4 Å². The third-order valence-electron chi connectivity index (χ3n) is 0. The van der Waals surface area contributed by atoms with Gasteiger partial charge in [-0.1, -0.05) is 0 Å². The second-order valence-electron chi connectivity index (χ2n) is 0.481. The Morgan fingerprint density at radius 2 is 0.471 bits per heavy atom. The van der Waals surface area contributed by atoms with Gasteiger partial charge >= 0.3 is 216 Å². The average Bonchev–Trinajstić information content (AvgIpc) is 2.09. The predicted octanol–water partition coefficient (Wildman–Crippen LogP) is -8.82. The maximum absolute atomic E-state index is 8.46. The molecule has 17 heavy (non-hydrogen) atoms. The Bertz CT molecular complexity index is 97.0. The van der Waals surface area contributed by atoms with Crippen molar-refractivity contribution in [3.63, 3.8) is 0 Å². The van der Waals surface area contributed by atoms with Gasteiger partial charge in [0, 0.05) is 0 Å². The summed E-state index contributed by atoms with van der Waals surface area (Å²) in [7, 11) is 0. The molecule has 0 fully saturated rings. The van der Waals surface area contributed by atoms with Gasteiger partial charge in [0.25, 0.3) is 0 Å². The molecule has 0 aliphatic heterocycles. The molecule has 0 heterocycles. The molecule has 0 bridgehead atoms. The molecule has 84 valence electrons. The van der Waals surface area contributed by atoms with Crippen molar-refractivity contribution in [2.75, 3.05) is 0 Å². The van der Waals surface area contributed by atoms with Crippen LogP contribution in [0.2, 0.25) is 0 Å². The molecule has 0 aromatic carbocycles. The fourth-order valence-electron chi connectivity index (χ4n) is 0. The predicted molar refractivity (Wildman–Crippen MR) is 38.0 cm³/mol. The summed E-state index contributed by atoms with van der Waals surface area (Å²) in [5.74, 6) is 0. The van der Waals surface area contributed by atoms with Crippen LogP contribution in [0.25, 0.3) is 0 Å². The van der Waals surface area contributed by atoms with E-state index in [-0.39, 0.29) is 98.3 Å². The summed E-state index contributed by atoms with van der Waals surface area (Å²) in [5, 5.41) is 0. The standard InChI is InChI=1S/5Al.Ba.Eu.10O/q;;;;;+2;+3;;;;;;5*-1. The van der Waals surface area contributed by atoms with Gasteiger partial charge in [-0.2, -0.15) is 0 Å². The molecular formula is Al5BaEuO10. The minimum atomic E-state index is -1.75. The van der Waals surface area contributed by atoms with Crippen LogP contribution in [0.1, 0.15) is 0 Å². The third-order valence-corrected chi connectivity index (χ3v) is 0. The molecule has 0 unspecified atom stereocenters. The van der Waals surface area contributed by atoms with Crippen molar-refractivity contribution in [2.45, 2.75) is 0 Å². The van der Waals surface area contributed by atoms with E-state index in [0.29, 0.717) is 0 Å². The van der Waals surface area contributed by atoms with Crippen molar-refractivity contribution >= 4 is 126 Å². The van der Waals surface area contributed by atoms with E-state index >= 15 is 0 Å².